The Labute approximate surface area is 68.2 Å². The van der Waals surface area contributed by atoms with E-state index < -0.39 is 0 Å². The second-order valence-corrected chi connectivity index (χ2v) is 3.06. The Hall–Kier alpha value is 0.600. The molecule has 1 aliphatic rings. The Morgan fingerprint density at radius 3 is 2.33 bits per heavy atom. The van der Waals surface area contributed by atoms with Crippen LogP contribution in [0.1, 0.15) is 19.3 Å². The third kappa shape index (κ3) is 2.78. The normalized spacial score (nSPS) is 32.7. The molecule has 0 atom stereocenters. The Morgan fingerprint density at radius 1 is 1.44 bits per heavy atom. The molecular weight excluding hydrogens is 154 g/mol. The van der Waals surface area contributed by atoms with Gasteiger partial charge in [-0.15, -0.1) is 12.4 Å². The third-order valence-electron chi connectivity index (χ3n) is 1.81. The average Bonchev–Trinajstić information content (AvgIpc) is 1.64. The molecule has 9 heavy (non-hydrogen) atoms. The fourth-order valence-electron chi connectivity index (χ4n) is 1.21. The van der Waals surface area contributed by atoms with Crippen molar-refractivity contribution < 1.29 is 0 Å². The van der Waals surface area contributed by atoms with Gasteiger partial charge in [-0.3, -0.25) is 0 Å². The van der Waals surface area contributed by atoms with Crippen LogP contribution in [-0.4, -0.2) is 11.8 Å². The lowest BCUT2D eigenvalue weighted by Crippen LogP contribution is -2.36. The predicted octanol–water partition coefficient (Wildman–Crippen LogP) is 1.47. The van der Waals surface area contributed by atoms with Crippen LogP contribution in [-0.2, 0) is 0 Å². The van der Waals surface area contributed by atoms with Crippen molar-refractivity contribution in [3.05, 3.63) is 0 Å². The van der Waals surface area contributed by atoms with E-state index in [1.165, 1.54) is 19.3 Å². The molecule has 3 heteroatoms. The lowest BCUT2D eigenvalue weighted by Gasteiger charge is -2.31. The molecule has 0 aliphatic heterocycles. The van der Waals surface area contributed by atoms with E-state index in [0.717, 1.165) is 11.7 Å². The predicted molar refractivity (Wildman–Crippen MR) is 46.4 cm³/mol. The van der Waals surface area contributed by atoms with Crippen LogP contribution < -0.4 is 5.73 Å². The molecule has 0 saturated heterocycles. The molecule has 56 valence electrons. The largest absolute Gasteiger partial charge is 0.328 e. The van der Waals surface area contributed by atoms with E-state index in [1.54, 1.807) is 0 Å². The van der Waals surface area contributed by atoms with Crippen molar-refractivity contribution in [1.29, 1.82) is 0 Å². The monoisotopic (exact) mass is 167 g/mol. The number of nitrogens with two attached hydrogens (primary N) is 1. The maximum atomic E-state index is 5.57. The van der Waals surface area contributed by atoms with E-state index in [4.69, 9.17) is 5.73 Å². The molecule has 0 amide bonds. The maximum absolute atomic E-state index is 5.57. The number of halogens is 1. The summed E-state index contributed by atoms with van der Waals surface area (Å²) in [5, 5.41) is 0. The van der Waals surface area contributed by atoms with E-state index >= 15 is 0 Å². The molecule has 1 aliphatic carbocycles. The van der Waals surface area contributed by atoms with Gasteiger partial charge in [-0.05, 0) is 30.9 Å². The van der Waals surface area contributed by atoms with Gasteiger partial charge >= 0.3 is 0 Å². The lowest BCUT2D eigenvalue weighted by molar-refractivity contribution is 0.260. The first-order valence-electron chi connectivity index (χ1n) is 3.19. The van der Waals surface area contributed by atoms with Crippen molar-refractivity contribution in [2.75, 3.05) is 5.75 Å². The van der Waals surface area contributed by atoms with Gasteiger partial charge in [0.05, 0.1) is 0 Å². The van der Waals surface area contributed by atoms with E-state index in [1.807, 2.05) is 0 Å². The standard InChI is InChI=1S/C6H13NS.ClH/c7-6-3-5(4-6)1-2-8;/h5-6,8H,1-4,7H2;1H. The zero-order chi connectivity index (χ0) is 5.98. The van der Waals surface area contributed by atoms with Gasteiger partial charge in [-0.25, -0.2) is 0 Å². The Bertz CT molecular complexity index is 70.7. The van der Waals surface area contributed by atoms with Crippen LogP contribution in [0.15, 0.2) is 0 Å². The quantitative estimate of drug-likeness (QED) is 0.599. The molecule has 0 aromatic carbocycles. The number of hydrogen-bond donors (Lipinski definition) is 2. The number of hydrogen-bond acceptors (Lipinski definition) is 2. The minimum Gasteiger partial charge on any atom is -0.328 e. The maximum Gasteiger partial charge on any atom is 0.00441 e. The zero-order valence-corrected chi connectivity index (χ0v) is 7.13. The Morgan fingerprint density at radius 2 is 2.00 bits per heavy atom. The topological polar surface area (TPSA) is 26.0 Å². The summed E-state index contributed by atoms with van der Waals surface area (Å²) in [7, 11) is 0. The fourth-order valence-corrected chi connectivity index (χ4v) is 1.57. The first-order chi connectivity index (χ1) is 3.83. The first kappa shape index (κ1) is 9.60. The molecular formula is C6H14ClNS. The average molecular weight is 168 g/mol. The molecule has 2 N–H and O–H groups in total. The van der Waals surface area contributed by atoms with Gasteiger partial charge < -0.3 is 5.73 Å². The van der Waals surface area contributed by atoms with Crippen LogP contribution in [0.3, 0.4) is 0 Å². The van der Waals surface area contributed by atoms with Crippen LogP contribution in [0.4, 0.5) is 0 Å². The molecule has 0 aromatic heterocycles. The zero-order valence-electron chi connectivity index (χ0n) is 5.42. The van der Waals surface area contributed by atoms with Crippen LogP contribution >= 0.6 is 25.0 Å². The van der Waals surface area contributed by atoms with Crippen molar-refractivity contribution in [3.63, 3.8) is 0 Å². The first-order valence-corrected chi connectivity index (χ1v) is 3.82. The summed E-state index contributed by atoms with van der Waals surface area (Å²) in [5.74, 6) is 1.93. The van der Waals surface area contributed by atoms with E-state index in [0.29, 0.717) is 6.04 Å². The van der Waals surface area contributed by atoms with E-state index in [-0.39, 0.29) is 12.4 Å². The second kappa shape index (κ2) is 4.42. The molecule has 0 bridgehead atoms. The summed E-state index contributed by atoms with van der Waals surface area (Å²) in [6.45, 7) is 0. The van der Waals surface area contributed by atoms with Gasteiger partial charge in [0.15, 0.2) is 0 Å². The highest BCUT2D eigenvalue weighted by atomic mass is 35.5. The highest BCUT2D eigenvalue weighted by molar-refractivity contribution is 7.80. The minimum absolute atomic E-state index is 0. The molecule has 1 rings (SSSR count). The van der Waals surface area contributed by atoms with Crippen molar-refractivity contribution in [2.45, 2.75) is 25.3 Å². The molecule has 0 spiro atoms. The van der Waals surface area contributed by atoms with Crippen LogP contribution in [0.2, 0.25) is 0 Å². The second-order valence-electron chi connectivity index (χ2n) is 2.61. The summed E-state index contributed by atoms with van der Waals surface area (Å²) in [6.07, 6.45) is 3.73. The Balaban J connectivity index is 0.000000640. The van der Waals surface area contributed by atoms with Crippen LogP contribution in [0.5, 0.6) is 0 Å². The summed E-state index contributed by atoms with van der Waals surface area (Å²) in [4.78, 5) is 0. The van der Waals surface area contributed by atoms with Crippen molar-refractivity contribution in [3.8, 4) is 0 Å². The molecule has 0 radical (unpaired) electrons. The molecule has 1 fully saturated rings. The minimum atomic E-state index is 0. The van der Waals surface area contributed by atoms with Gasteiger partial charge in [0.1, 0.15) is 0 Å². The fraction of sp³-hybridized carbons (Fsp3) is 1.00. The van der Waals surface area contributed by atoms with E-state index in [9.17, 15) is 0 Å². The van der Waals surface area contributed by atoms with Crippen molar-refractivity contribution in [1.82, 2.24) is 0 Å². The van der Waals surface area contributed by atoms with E-state index in [2.05, 4.69) is 12.6 Å². The number of rotatable bonds is 2. The molecule has 0 heterocycles. The smallest absolute Gasteiger partial charge is 0.00441 e. The summed E-state index contributed by atoms with van der Waals surface area (Å²) in [5.41, 5.74) is 5.57. The third-order valence-corrected chi connectivity index (χ3v) is 2.07. The van der Waals surface area contributed by atoms with Crippen molar-refractivity contribution >= 4 is 25.0 Å². The lowest BCUT2D eigenvalue weighted by atomic mass is 9.79. The summed E-state index contributed by atoms with van der Waals surface area (Å²) < 4.78 is 0. The Kier molecular flexibility index (Phi) is 4.72. The summed E-state index contributed by atoms with van der Waals surface area (Å²) in [6, 6.07) is 0.514. The van der Waals surface area contributed by atoms with Crippen molar-refractivity contribution in [2.24, 2.45) is 11.7 Å². The molecule has 0 aromatic rings. The van der Waals surface area contributed by atoms with Crippen LogP contribution in [0, 0.1) is 5.92 Å². The van der Waals surface area contributed by atoms with Gasteiger partial charge in [-0.1, -0.05) is 0 Å². The van der Waals surface area contributed by atoms with Gasteiger partial charge in [0.2, 0.25) is 0 Å². The molecule has 0 unspecified atom stereocenters. The molecule has 1 nitrogen and oxygen atoms in total. The number of thiol groups is 1. The van der Waals surface area contributed by atoms with Gasteiger partial charge in [0, 0.05) is 6.04 Å². The highest BCUT2D eigenvalue weighted by Crippen LogP contribution is 2.28. The summed E-state index contributed by atoms with van der Waals surface area (Å²) >= 11 is 4.14. The van der Waals surface area contributed by atoms with Gasteiger partial charge in [-0.2, -0.15) is 12.6 Å². The SMILES string of the molecule is Cl.NC1CC(CCS)C1. The highest BCUT2D eigenvalue weighted by Gasteiger charge is 2.24. The van der Waals surface area contributed by atoms with Crippen LogP contribution in [0.25, 0.3) is 0 Å². The van der Waals surface area contributed by atoms with Gasteiger partial charge in [0.25, 0.3) is 0 Å². The molecule has 1 saturated carbocycles.